The van der Waals surface area contributed by atoms with Crippen LogP contribution in [0.15, 0.2) is 48.8 Å². The molecule has 4 rings (SSSR count). The van der Waals surface area contributed by atoms with Crippen LogP contribution in [0.4, 0.5) is 11.4 Å². The van der Waals surface area contributed by atoms with E-state index >= 15 is 0 Å². The lowest BCUT2D eigenvalue weighted by Crippen LogP contribution is -2.43. The number of carbonyl (C=O) groups is 2. The quantitative estimate of drug-likeness (QED) is 0.733. The SMILES string of the molecule is Cc1cc(NC(=O)c2cnn3c2C(=O)N(c2ccc(Cl)cc2)CC3C)ccn1. The minimum atomic E-state index is -0.384. The number of halogens is 1. The normalized spacial score (nSPS) is 16.0. The molecular weight excluding hydrogens is 378 g/mol. The second-order valence-electron chi connectivity index (χ2n) is 6.73. The van der Waals surface area contributed by atoms with Crippen molar-refractivity contribution in [2.24, 2.45) is 0 Å². The summed E-state index contributed by atoms with van der Waals surface area (Å²) in [6.45, 7) is 4.26. The third kappa shape index (κ3) is 3.25. The predicted molar refractivity (Wildman–Crippen MR) is 107 cm³/mol. The van der Waals surface area contributed by atoms with Crippen molar-refractivity contribution < 1.29 is 9.59 Å². The van der Waals surface area contributed by atoms with Crippen LogP contribution in [0.2, 0.25) is 5.02 Å². The average Bonchev–Trinajstić information content (AvgIpc) is 3.12. The van der Waals surface area contributed by atoms with Crippen LogP contribution < -0.4 is 10.2 Å². The van der Waals surface area contributed by atoms with Gasteiger partial charge in [0.1, 0.15) is 5.69 Å². The van der Waals surface area contributed by atoms with E-state index in [1.165, 1.54) is 6.20 Å². The predicted octanol–water partition coefficient (Wildman–Crippen LogP) is 3.71. The van der Waals surface area contributed by atoms with Gasteiger partial charge in [-0.05, 0) is 50.2 Å². The van der Waals surface area contributed by atoms with Crippen LogP contribution in [0.3, 0.4) is 0 Å². The Morgan fingerprint density at radius 1 is 1.25 bits per heavy atom. The zero-order valence-corrected chi connectivity index (χ0v) is 16.1. The minimum absolute atomic E-state index is 0.0758. The van der Waals surface area contributed by atoms with Gasteiger partial charge in [-0.1, -0.05) is 11.6 Å². The number of hydrogen-bond donors (Lipinski definition) is 1. The maximum atomic E-state index is 13.2. The number of fused-ring (bicyclic) bond motifs is 1. The highest BCUT2D eigenvalue weighted by atomic mass is 35.5. The smallest absolute Gasteiger partial charge is 0.277 e. The molecule has 3 aromatic rings. The van der Waals surface area contributed by atoms with E-state index in [1.807, 2.05) is 13.8 Å². The molecule has 0 saturated carbocycles. The van der Waals surface area contributed by atoms with E-state index in [9.17, 15) is 9.59 Å². The van der Waals surface area contributed by atoms with E-state index in [4.69, 9.17) is 11.6 Å². The lowest BCUT2D eigenvalue weighted by Gasteiger charge is -2.32. The van der Waals surface area contributed by atoms with Crippen LogP contribution in [-0.2, 0) is 0 Å². The third-order valence-electron chi connectivity index (χ3n) is 4.64. The van der Waals surface area contributed by atoms with Crippen LogP contribution in [0.5, 0.6) is 0 Å². The molecular formula is C20H18ClN5O2. The molecule has 1 aliphatic heterocycles. The maximum absolute atomic E-state index is 13.2. The van der Waals surface area contributed by atoms with E-state index in [2.05, 4.69) is 15.4 Å². The van der Waals surface area contributed by atoms with Crippen LogP contribution in [0, 0.1) is 6.92 Å². The molecule has 0 fully saturated rings. The van der Waals surface area contributed by atoms with Gasteiger partial charge in [-0.15, -0.1) is 0 Å². The molecule has 1 unspecified atom stereocenters. The summed E-state index contributed by atoms with van der Waals surface area (Å²) in [5.41, 5.74) is 2.64. The summed E-state index contributed by atoms with van der Waals surface area (Å²) in [7, 11) is 0. The number of anilines is 2. The summed E-state index contributed by atoms with van der Waals surface area (Å²) in [5.74, 6) is -0.653. The number of benzene rings is 1. The van der Waals surface area contributed by atoms with Crippen molar-refractivity contribution in [3.63, 3.8) is 0 Å². The van der Waals surface area contributed by atoms with E-state index in [0.29, 0.717) is 17.3 Å². The average molecular weight is 396 g/mol. The summed E-state index contributed by atoms with van der Waals surface area (Å²) in [5, 5.41) is 7.69. The molecule has 2 amide bonds. The Balaban J connectivity index is 1.67. The molecule has 1 atom stereocenters. The lowest BCUT2D eigenvalue weighted by molar-refractivity contribution is 0.0939. The summed E-state index contributed by atoms with van der Waals surface area (Å²) < 4.78 is 1.61. The number of pyridine rings is 1. The minimum Gasteiger partial charge on any atom is -0.322 e. The van der Waals surface area contributed by atoms with Gasteiger partial charge in [0.25, 0.3) is 11.8 Å². The van der Waals surface area contributed by atoms with E-state index in [0.717, 1.165) is 11.4 Å². The molecule has 0 saturated heterocycles. The second kappa shape index (κ2) is 7.09. The van der Waals surface area contributed by atoms with Crippen molar-refractivity contribution in [3.05, 3.63) is 70.8 Å². The van der Waals surface area contributed by atoms with Crippen molar-refractivity contribution in [2.75, 3.05) is 16.8 Å². The van der Waals surface area contributed by atoms with Gasteiger partial charge in [-0.2, -0.15) is 5.10 Å². The molecule has 0 aliphatic carbocycles. The van der Waals surface area contributed by atoms with Crippen LogP contribution >= 0.6 is 11.6 Å². The van der Waals surface area contributed by atoms with Gasteiger partial charge in [0.2, 0.25) is 0 Å². The molecule has 0 radical (unpaired) electrons. The molecule has 3 heterocycles. The molecule has 1 aromatic carbocycles. The number of carbonyl (C=O) groups excluding carboxylic acids is 2. The summed E-state index contributed by atoms with van der Waals surface area (Å²) in [4.78, 5) is 31.8. The van der Waals surface area contributed by atoms with Gasteiger partial charge in [0.15, 0.2) is 0 Å². The molecule has 1 N–H and O–H groups in total. The first-order valence-electron chi connectivity index (χ1n) is 8.83. The molecule has 1 aliphatic rings. The lowest BCUT2D eigenvalue weighted by atomic mass is 10.1. The molecule has 28 heavy (non-hydrogen) atoms. The molecule has 0 bridgehead atoms. The highest BCUT2D eigenvalue weighted by molar-refractivity contribution is 6.30. The second-order valence-corrected chi connectivity index (χ2v) is 7.17. The van der Waals surface area contributed by atoms with Crippen LogP contribution in [0.1, 0.15) is 39.5 Å². The number of hydrogen-bond acceptors (Lipinski definition) is 4. The van der Waals surface area contributed by atoms with Gasteiger partial charge in [0, 0.05) is 34.8 Å². The fourth-order valence-electron chi connectivity index (χ4n) is 3.29. The number of aryl methyl sites for hydroxylation is 1. The Morgan fingerprint density at radius 3 is 2.71 bits per heavy atom. The van der Waals surface area contributed by atoms with Gasteiger partial charge >= 0.3 is 0 Å². The van der Waals surface area contributed by atoms with E-state index < -0.39 is 0 Å². The Morgan fingerprint density at radius 2 is 2.00 bits per heavy atom. The summed E-state index contributed by atoms with van der Waals surface area (Å²) in [6, 6.07) is 10.4. The van der Waals surface area contributed by atoms with Crippen molar-refractivity contribution in [1.82, 2.24) is 14.8 Å². The first-order valence-corrected chi connectivity index (χ1v) is 9.21. The number of aromatic nitrogens is 3. The maximum Gasteiger partial charge on any atom is 0.277 e. The highest BCUT2D eigenvalue weighted by Crippen LogP contribution is 2.29. The molecule has 7 nitrogen and oxygen atoms in total. The summed E-state index contributed by atoms with van der Waals surface area (Å²) >= 11 is 5.96. The standard InChI is InChI=1S/C20H18ClN5O2/c1-12-9-15(7-8-22-12)24-19(27)17-10-23-26-13(2)11-25(20(28)18(17)26)16-5-3-14(21)4-6-16/h3-10,13H,11H2,1-2H3,(H,22,24,27). The van der Waals surface area contributed by atoms with Crippen LogP contribution in [-0.4, -0.2) is 33.1 Å². The topological polar surface area (TPSA) is 80.1 Å². The monoisotopic (exact) mass is 395 g/mol. The fraction of sp³-hybridized carbons (Fsp3) is 0.200. The first-order chi connectivity index (χ1) is 13.4. The Hall–Kier alpha value is -3.19. The van der Waals surface area contributed by atoms with Gasteiger partial charge in [-0.25, -0.2) is 0 Å². The van der Waals surface area contributed by atoms with Crippen molar-refractivity contribution in [3.8, 4) is 0 Å². The molecule has 2 aromatic heterocycles. The van der Waals surface area contributed by atoms with Gasteiger partial charge in [-0.3, -0.25) is 19.3 Å². The van der Waals surface area contributed by atoms with E-state index in [-0.39, 0.29) is 29.1 Å². The molecule has 142 valence electrons. The zero-order chi connectivity index (χ0) is 19.8. The Kier molecular flexibility index (Phi) is 4.60. The fourth-order valence-corrected chi connectivity index (χ4v) is 3.42. The number of nitrogens with zero attached hydrogens (tertiary/aromatic N) is 4. The Bertz CT molecular complexity index is 1060. The molecule has 8 heteroatoms. The van der Waals surface area contributed by atoms with Crippen LogP contribution in [0.25, 0.3) is 0 Å². The number of rotatable bonds is 3. The summed E-state index contributed by atoms with van der Waals surface area (Å²) in [6.07, 6.45) is 3.06. The zero-order valence-electron chi connectivity index (χ0n) is 15.4. The number of amides is 2. The van der Waals surface area contributed by atoms with E-state index in [1.54, 1.807) is 52.2 Å². The Labute approximate surface area is 166 Å². The largest absolute Gasteiger partial charge is 0.322 e. The van der Waals surface area contributed by atoms with Gasteiger partial charge < -0.3 is 10.2 Å². The molecule has 0 spiro atoms. The van der Waals surface area contributed by atoms with Gasteiger partial charge in [0.05, 0.1) is 17.8 Å². The first kappa shape index (κ1) is 18.2. The van der Waals surface area contributed by atoms with Crippen molar-refractivity contribution in [1.29, 1.82) is 0 Å². The third-order valence-corrected chi connectivity index (χ3v) is 4.90. The number of nitrogens with one attached hydrogen (secondary N) is 1. The van der Waals surface area contributed by atoms with Crippen molar-refractivity contribution >= 4 is 34.8 Å². The highest BCUT2D eigenvalue weighted by Gasteiger charge is 2.35. The van der Waals surface area contributed by atoms with Crippen molar-refractivity contribution in [2.45, 2.75) is 19.9 Å².